The third-order valence-electron chi connectivity index (χ3n) is 4.61. The van der Waals surface area contributed by atoms with E-state index in [1.807, 2.05) is 13.0 Å². The van der Waals surface area contributed by atoms with Gasteiger partial charge in [-0.1, -0.05) is 17.7 Å². The Morgan fingerprint density at radius 1 is 1.10 bits per heavy atom. The van der Waals surface area contributed by atoms with Gasteiger partial charge in [-0.2, -0.15) is 0 Å². The van der Waals surface area contributed by atoms with Crippen molar-refractivity contribution in [3.05, 3.63) is 80.0 Å². The monoisotopic (exact) mass is 443 g/mol. The lowest BCUT2D eigenvalue weighted by Gasteiger charge is -2.12. The van der Waals surface area contributed by atoms with Gasteiger partial charge >= 0.3 is 5.69 Å². The lowest BCUT2D eigenvalue weighted by Crippen LogP contribution is -2.31. The summed E-state index contributed by atoms with van der Waals surface area (Å²) in [7, 11) is -3.59. The minimum Gasteiger partial charge on any atom is -0.493 e. The standard InChI is InChI=1S/C21H21N3O6S/c1-13-3-8-18(14(2)11-13)24-20(27)17(19(26)23-21(24)28)12-22-15-4-6-16(7-5-15)31(29,30)10-9-25/h3-8,11-12,25,27H,9-10H2,1-2H3,(H,23,26,28). The Bertz CT molecular complexity index is 1370. The Morgan fingerprint density at radius 3 is 2.39 bits per heavy atom. The van der Waals surface area contributed by atoms with Gasteiger partial charge in [0.15, 0.2) is 9.84 Å². The molecule has 1 aromatic heterocycles. The predicted molar refractivity (Wildman–Crippen MR) is 117 cm³/mol. The summed E-state index contributed by atoms with van der Waals surface area (Å²) in [6.07, 6.45) is 1.10. The number of aromatic hydroxyl groups is 1. The van der Waals surface area contributed by atoms with Crippen molar-refractivity contribution in [1.82, 2.24) is 9.55 Å². The minimum absolute atomic E-state index is 0.0320. The molecule has 3 N–H and O–H groups in total. The van der Waals surface area contributed by atoms with Gasteiger partial charge in [-0.15, -0.1) is 0 Å². The van der Waals surface area contributed by atoms with Gasteiger partial charge < -0.3 is 10.2 Å². The van der Waals surface area contributed by atoms with Crippen molar-refractivity contribution in [2.75, 3.05) is 12.4 Å². The molecule has 0 spiro atoms. The Balaban J connectivity index is 2.02. The van der Waals surface area contributed by atoms with Crippen molar-refractivity contribution in [2.45, 2.75) is 18.7 Å². The van der Waals surface area contributed by atoms with Crippen LogP contribution < -0.4 is 11.2 Å². The van der Waals surface area contributed by atoms with E-state index in [1.165, 1.54) is 24.3 Å². The molecule has 1 heterocycles. The summed E-state index contributed by atoms with van der Waals surface area (Å²) in [5.41, 5.74) is 0.621. The quantitative estimate of drug-likeness (QED) is 0.491. The fourth-order valence-corrected chi connectivity index (χ4v) is 4.08. The Kier molecular flexibility index (Phi) is 6.23. The molecule has 162 valence electrons. The number of aliphatic hydroxyl groups excluding tert-OH is 1. The molecule has 3 aromatic rings. The first-order chi connectivity index (χ1) is 14.6. The fourth-order valence-electron chi connectivity index (χ4n) is 3.05. The highest BCUT2D eigenvalue weighted by molar-refractivity contribution is 7.91. The second kappa shape index (κ2) is 8.70. The Hall–Kier alpha value is -3.50. The number of aliphatic hydroxyl groups is 1. The largest absolute Gasteiger partial charge is 0.493 e. The molecular formula is C21H21N3O6S. The van der Waals surface area contributed by atoms with Crippen LogP contribution in [0.5, 0.6) is 5.88 Å². The third-order valence-corrected chi connectivity index (χ3v) is 6.32. The van der Waals surface area contributed by atoms with Crippen LogP contribution in [-0.4, -0.2) is 46.8 Å². The van der Waals surface area contributed by atoms with Crippen LogP contribution in [0.3, 0.4) is 0 Å². The lowest BCUT2D eigenvalue weighted by molar-refractivity contribution is 0.319. The van der Waals surface area contributed by atoms with Crippen LogP contribution in [-0.2, 0) is 9.84 Å². The van der Waals surface area contributed by atoms with Gasteiger partial charge in [0.1, 0.15) is 5.56 Å². The molecule has 0 aliphatic heterocycles. The molecule has 0 saturated heterocycles. The maximum absolute atomic E-state index is 12.3. The van der Waals surface area contributed by atoms with Gasteiger partial charge in [0.25, 0.3) is 5.56 Å². The fraction of sp³-hybridized carbons (Fsp3) is 0.190. The summed E-state index contributed by atoms with van der Waals surface area (Å²) >= 11 is 0. The number of nitrogens with zero attached hydrogens (tertiary/aromatic N) is 2. The average Bonchev–Trinajstić information content (AvgIpc) is 2.69. The van der Waals surface area contributed by atoms with Crippen LogP contribution >= 0.6 is 0 Å². The van der Waals surface area contributed by atoms with Gasteiger partial charge in [-0.3, -0.25) is 14.8 Å². The SMILES string of the molecule is Cc1ccc(-n2c(O)c(C=Nc3ccc(S(=O)(=O)CCO)cc3)c(=O)[nH]c2=O)c(C)c1. The van der Waals surface area contributed by atoms with Gasteiger partial charge in [0.2, 0.25) is 5.88 Å². The van der Waals surface area contributed by atoms with E-state index in [0.29, 0.717) is 11.4 Å². The normalized spacial score (nSPS) is 11.8. The molecule has 0 unspecified atom stereocenters. The van der Waals surface area contributed by atoms with Gasteiger partial charge in [0, 0.05) is 6.21 Å². The summed E-state index contributed by atoms with van der Waals surface area (Å²) in [5.74, 6) is -0.953. The van der Waals surface area contributed by atoms with Crippen molar-refractivity contribution in [1.29, 1.82) is 0 Å². The molecule has 10 heteroatoms. The third kappa shape index (κ3) is 4.65. The molecule has 0 radical (unpaired) electrons. The summed E-state index contributed by atoms with van der Waals surface area (Å²) in [4.78, 5) is 30.9. The van der Waals surface area contributed by atoms with E-state index in [9.17, 15) is 23.1 Å². The zero-order chi connectivity index (χ0) is 22.8. The number of aromatic nitrogens is 2. The van der Waals surface area contributed by atoms with Crippen LogP contribution in [0.2, 0.25) is 0 Å². The predicted octanol–water partition coefficient (Wildman–Crippen LogP) is 1.36. The van der Waals surface area contributed by atoms with Crippen LogP contribution in [0, 0.1) is 13.8 Å². The molecule has 9 nitrogen and oxygen atoms in total. The van der Waals surface area contributed by atoms with E-state index < -0.39 is 39.3 Å². The van der Waals surface area contributed by atoms with E-state index in [4.69, 9.17) is 5.11 Å². The van der Waals surface area contributed by atoms with Crippen LogP contribution in [0.25, 0.3) is 5.69 Å². The van der Waals surface area contributed by atoms with E-state index in [-0.39, 0.29) is 10.5 Å². The molecule has 0 aliphatic rings. The number of aryl methyl sites for hydroxylation is 2. The van der Waals surface area contributed by atoms with Crippen molar-refractivity contribution in [3.63, 3.8) is 0 Å². The number of hydrogen-bond donors (Lipinski definition) is 3. The van der Waals surface area contributed by atoms with E-state index >= 15 is 0 Å². The molecule has 0 amide bonds. The van der Waals surface area contributed by atoms with Crippen LogP contribution in [0.1, 0.15) is 16.7 Å². The highest BCUT2D eigenvalue weighted by atomic mass is 32.2. The molecular weight excluding hydrogens is 422 g/mol. The van der Waals surface area contributed by atoms with Crippen molar-refractivity contribution < 1.29 is 18.6 Å². The maximum Gasteiger partial charge on any atom is 0.335 e. The van der Waals surface area contributed by atoms with Crippen LogP contribution in [0.15, 0.2) is 61.9 Å². The van der Waals surface area contributed by atoms with E-state index in [2.05, 4.69) is 9.98 Å². The van der Waals surface area contributed by atoms with Gasteiger partial charge in [0.05, 0.1) is 28.6 Å². The molecule has 0 saturated carbocycles. The summed E-state index contributed by atoms with van der Waals surface area (Å²) in [6, 6.07) is 10.8. The Labute approximate surface area is 177 Å². The second-order valence-electron chi connectivity index (χ2n) is 6.92. The minimum atomic E-state index is -3.59. The zero-order valence-electron chi connectivity index (χ0n) is 16.9. The maximum atomic E-state index is 12.3. The molecule has 2 aromatic carbocycles. The smallest absolute Gasteiger partial charge is 0.335 e. The topological polar surface area (TPSA) is 142 Å². The van der Waals surface area contributed by atoms with Crippen molar-refractivity contribution >= 4 is 21.7 Å². The lowest BCUT2D eigenvalue weighted by atomic mass is 10.1. The average molecular weight is 443 g/mol. The van der Waals surface area contributed by atoms with Gasteiger partial charge in [-0.25, -0.2) is 17.8 Å². The zero-order valence-corrected chi connectivity index (χ0v) is 17.7. The number of aliphatic imine (C=N–C) groups is 1. The molecule has 31 heavy (non-hydrogen) atoms. The van der Waals surface area contributed by atoms with Crippen molar-refractivity contribution in [2.24, 2.45) is 4.99 Å². The number of hydrogen-bond acceptors (Lipinski definition) is 7. The first kappa shape index (κ1) is 22.2. The summed E-state index contributed by atoms with van der Waals surface area (Å²) in [6.45, 7) is 3.19. The van der Waals surface area contributed by atoms with E-state index in [0.717, 1.165) is 21.9 Å². The second-order valence-corrected chi connectivity index (χ2v) is 9.03. The first-order valence-electron chi connectivity index (χ1n) is 9.27. The number of H-pyrrole nitrogens is 1. The number of nitrogens with one attached hydrogen (secondary N) is 1. The number of sulfone groups is 1. The first-order valence-corrected chi connectivity index (χ1v) is 10.9. The van der Waals surface area contributed by atoms with E-state index in [1.54, 1.807) is 19.1 Å². The molecule has 0 fully saturated rings. The molecule has 3 rings (SSSR count). The van der Waals surface area contributed by atoms with Crippen molar-refractivity contribution in [3.8, 4) is 11.6 Å². The van der Waals surface area contributed by atoms with Gasteiger partial charge in [-0.05, 0) is 49.7 Å². The highest BCUT2D eigenvalue weighted by Gasteiger charge is 2.16. The number of rotatable bonds is 6. The summed E-state index contributed by atoms with van der Waals surface area (Å²) < 4.78 is 24.9. The summed E-state index contributed by atoms with van der Waals surface area (Å²) in [5, 5.41) is 19.5. The van der Waals surface area contributed by atoms with Crippen LogP contribution in [0.4, 0.5) is 5.69 Å². The molecule has 0 bridgehead atoms. The molecule has 0 aliphatic carbocycles. The Morgan fingerprint density at radius 2 is 1.77 bits per heavy atom. The number of benzene rings is 2. The molecule has 0 atom stereocenters. The number of aromatic amines is 1. The highest BCUT2D eigenvalue weighted by Crippen LogP contribution is 2.21.